The van der Waals surface area contributed by atoms with Crippen molar-refractivity contribution in [1.82, 2.24) is 29.8 Å². The van der Waals surface area contributed by atoms with Crippen LogP contribution in [0.3, 0.4) is 0 Å². The van der Waals surface area contributed by atoms with Gasteiger partial charge in [0.25, 0.3) is 5.91 Å². The van der Waals surface area contributed by atoms with Crippen molar-refractivity contribution >= 4 is 23.4 Å². The van der Waals surface area contributed by atoms with Gasteiger partial charge in [0, 0.05) is 61.8 Å². The summed E-state index contributed by atoms with van der Waals surface area (Å²) in [5.74, 6) is 2.48. The predicted octanol–water partition coefficient (Wildman–Crippen LogP) is 2.46. The number of hydrogen-bond acceptors (Lipinski definition) is 9. The van der Waals surface area contributed by atoms with Crippen LogP contribution in [0.25, 0.3) is 0 Å². The normalized spacial score (nSPS) is 20.3. The van der Waals surface area contributed by atoms with E-state index >= 15 is 0 Å². The average Bonchev–Trinajstić information content (AvgIpc) is 3.25. The Balaban J connectivity index is 1.31. The van der Waals surface area contributed by atoms with Crippen LogP contribution in [0.4, 0.5) is 17.5 Å². The number of amides is 1. The number of piperazine rings is 1. The fourth-order valence-corrected chi connectivity index (χ4v) is 5.59. The van der Waals surface area contributed by atoms with Gasteiger partial charge in [0.15, 0.2) is 0 Å². The number of hydrogen-bond donors (Lipinski definition) is 0. The van der Waals surface area contributed by atoms with E-state index in [2.05, 4.69) is 37.7 Å². The molecule has 0 N–H and O–H groups in total. The molecule has 1 saturated carbocycles. The van der Waals surface area contributed by atoms with E-state index in [1.807, 2.05) is 11.0 Å². The van der Waals surface area contributed by atoms with Gasteiger partial charge in [-0.1, -0.05) is 6.42 Å². The van der Waals surface area contributed by atoms with Gasteiger partial charge >= 0.3 is 0 Å². The summed E-state index contributed by atoms with van der Waals surface area (Å²) in [5.41, 5.74) is 2.12. The third kappa shape index (κ3) is 3.46. The Hall–Kier alpha value is -4.13. The summed E-state index contributed by atoms with van der Waals surface area (Å²) in [5, 5.41) is 9.37. The Bertz CT molecular complexity index is 1320. The molecule has 3 aromatic heterocycles. The van der Waals surface area contributed by atoms with Crippen LogP contribution in [0.2, 0.25) is 0 Å². The van der Waals surface area contributed by atoms with Gasteiger partial charge in [-0.15, -0.1) is 0 Å². The molecule has 1 unspecified atom stereocenters. The van der Waals surface area contributed by atoms with Gasteiger partial charge in [-0.2, -0.15) is 5.26 Å². The Morgan fingerprint density at radius 1 is 1.11 bits per heavy atom. The van der Waals surface area contributed by atoms with E-state index in [1.54, 1.807) is 31.0 Å². The van der Waals surface area contributed by atoms with Crippen molar-refractivity contribution in [1.29, 1.82) is 5.26 Å². The molecule has 0 aromatic carbocycles. The molecular formula is C25H25N9O. The molecule has 0 radical (unpaired) electrons. The first-order chi connectivity index (χ1) is 17.1. The molecule has 1 amide bonds. The van der Waals surface area contributed by atoms with E-state index in [9.17, 15) is 10.1 Å². The van der Waals surface area contributed by atoms with Crippen molar-refractivity contribution in [2.24, 2.45) is 0 Å². The van der Waals surface area contributed by atoms with Gasteiger partial charge in [-0.05, 0) is 31.9 Å². The summed E-state index contributed by atoms with van der Waals surface area (Å²) in [6.07, 6.45) is 11.3. The van der Waals surface area contributed by atoms with Crippen LogP contribution in [-0.2, 0) is 5.41 Å². The van der Waals surface area contributed by atoms with Crippen LogP contribution in [0.1, 0.15) is 47.8 Å². The van der Waals surface area contributed by atoms with E-state index in [0.717, 1.165) is 36.8 Å². The third-order valence-electron chi connectivity index (χ3n) is 7.49. The zero-order valence-electron chi connectivity index (χ0n) is 19.5. The van der Waals surface area contributed by atoms with Gasteiger partial charge in [-0.3, -0.25) is 9.78 Å². The van der Waals surface area contributed by atoms with Crippen molar-refractivity contribution in [3.63, 3.8) is 0 Å². The summed E-state index contributed by atoms with van der Waals surface area (Å²) >= 11 is 0. The van der Waals surface area contributed by atoms with Crippen molar-refractivity contribution < 1.29 is 4.79 Å². The lowest BCUT2D eigenvalue weighted by atomic mass is 9.66. The molecule has 1 spiro atoms. The number of nitriles is 1. The molecule has 35 heavy (non-hydrogen) atoms. The van der Waals surface area contributed by atoms with Gasteiger partial charge in [-0.25, -0.2) is 19.9 Å². The molecule has 10 heteroatoms. The van der Waals surface area contributed by atoms with Crippen LogP contribution in [0, 0.1) is 11.3 Å². The predicted molar refractivity (Wildman–Crippen MR) is 128 cm³/mol. The monoisotopic (exact) mass is 467 g/mol. The molecule has 2 fully saturated rings. The van der Waals surface area contributed by atoms with E-state index in [0.29, 0.717) is 30.9 Å². The number of rotatable bonds is 3. The quantitative estimate of drug-likeness (QED) is 0.573. The van der Waals surface area contributed by atoms with Gasteiger partial charge < -0.3 is 14.7 Å². The molecule has 2 aliphatic heterocycles. The molecule has 1 saturated heterocycles. The lowest BCUT2D eigenvalue weighted by molar-refractivity contribution is 0.0666. The molecule has 5 heterocycles. The number of carbonyl (C=O) groups excluding carboxylic acids is 1. The van der Waals surface area contributed by atoms with E-state index < -0.39 is 0 Å². The molecule has 176 valence electrons. The van der Waals surface area contributed by atoms with Crippen LogP contribution >= 0.6 is 0 Å². The highest BCUT2D eigenvalue weighted by Crippen LogP contribution is 2.56. The van der Waals surface area contributed by atoms with Crippen molar-refractivity contribution in [2.75, 3.05) is 36.0 Å². The lowest BCUT2D eigenvalue weighted by Gasteiger charge is -2.43. The number of fused-ring (bicyclic) bond motifs is 2. The SMILES string of the molecule is CC1CN(c2ncnc3c2C2(CCC2)CN3c2cc(C#N)ccn2)CCN1C(=O)c1cnccn1. The topological polar surface area (TPSA) is 115 Å². The summed E-state index contributed by atoms with van der Waals surface area (Å²) in [6.45, 7) is 4.78. The van der Waals surface area contributed by atoms with Crippen LogP contribution < -0.4 is 9.80 Å². The largest absolute Gasteiger partial charge is 0.352 e. The maximum absolute atomic E-state index is 13.0. The Kier molecular flexibility index (Phi) is 5.06. The Labute approximate surface area is 203 Å². The van der Waals surface area contributed by atoms with Crippen LogP contribution in [0.15, 0.2) is 43.2 Å². The first kappa shape index (κ1) is 21.4. The van der Waals surface area contributed by atoms with Crippen molar-refractivity contribution in [3.05, 3.63) is 60.1 Å². The van der Waals surface area contributed by atoms with Crippen LogP contribution in [-0.4, -0.2) is 67.9 Å². The van der Waals surface area contributed by atoms with E-state index in [4.69, 9.17) is 9.97 Å². The summed E-state index contributed by atoms with van der Waals surface area (Å²) < 4.78 is 0. The minimum atomic E-state index is -0.0942. The number of aromatic nitrogens is 5. The summed E-state index contributed by atoms with van der Waals surface area (Å²) in [6, 6.07) is 5.74. The van der Waals surface area contributed by atoms with E-state index in [1.165, 1.54) is 18.2 Å². The standard InChI is InChI=1S/C25H25N9O/c1-17-14-32(9-10-33(17)24(35)19-13-27-7-8-28-19)22-21-23(31-16-30-22)34(15-25(21)4-2-5-25)20-11-18(12-26)3-6-29-20/h3,6-8,11,13,16-17H,2,4-5,9-10,14-15H2,1H3. The number of anilines is 3. The van der Waals surface area contributed by atoms with Gasteiger partial charge in [0.1, 0.15) is 29.5 Å². The number of carbonyl (C=O) groups is 1. The second-order valence-electron chi connectivity index (χ2n) is 9.51. The van der Waals surface area contributed by atoms with E-state index in [-0.39, 0.29) is 17.4 Å². The molecule has 1 atom stereocenters. The molecule has 0 bridgehead atoms. The zero-order valence-corrected chi connectivity index (χ0v) is 19.5. The number of pyridine rings is 1. The first-order valence-electron chi connectivity index (χ1n) is 11.9. The molecule has 3 aromatic rings. The minimum Gasteiger partial charge on any atom is -0.352 e. The molecule has 1 aliphatic carbocycles. The van der Waals surface area contributed by atoms with Crippen LogP contribution in [0.5, 0.6) is 0 Å². The summed E-state index contributed by atoms with van der Waals surface area (Å²) in [7, 11) is 0. The molecule has 3 aliphatic rings. The van der Waals surface area contributed by atoms with Gasteiger partial charge in [0.2, 0.25) is 0 Å². The zero-order chi connectivity index (χ0) is 24.0. The first-order valence-corrected chi connectivity index (χ1v) is 11.9. The second-order valence-corrected chi connectivity index (χ2v) is 9.51. The highest BCUT2D eigenvalue weighted by atomic mass is 16.2. The fourth-order valence-electron chi connectivity index (χ4n) is 5.59. The Morgan fingerprint density at radius 2 is 1.97 bits per heavy atom. The number of nitrogens with zero attached hydrogens (tertiary/aromatic N) is 9. The smallest absolute Gasteiger partial charge is 0.274 e. The second kappa shape index (κ2) is 8.27. The molecule has 6 rings (SSSR count). The third-order valence-corrected chi connectivity index (χ3v) is 7.49. The van der Waals surface area contributed by atoms with Crippen molar-refractivity contribution in [2.45, 2.75) is 37.6 Å². The van der Waals surface area contributed by atoms with Gasteiger partial charge in [0.05, 0.1) is 17.8 Å². The molecular weight excluding hydrogens is 442 g/mol. The lowest BCUT2D eigenvalue weighted by Crippen LogP contribution is -2.55. The fraction of sp³-hybridized carbons (Fsp3) is 0.400. The maximum atomic E-state index is 13.0. The highest BCUT2D eigenvalue weighted by Gasteiger charge is 2.51. The van der Waals surface area contributed by atoms with Crippen molar-refractivity contribution in [3.8, 4) is 6.07 Å². The highest BCUT2D eigenvalue weighted by molar-refractivity contribution is 5.92. The Morgan fingerprint density at radius 3 is 2.69 bits per heavy atom. The maximum Gasteiger partial charge on any atom is 0.274 e. The summed E-state index contributed by atoms with van der Waals surface area (Å²) in [4.78, 5) is 41.5. The average molecular weight is 468 g/mol. The molecule has 10 nitrogen and oxygen atoms in total. The minimum absolute atomic E-state index is 0.00676.